The molecule has 0 saturated carbocycles. The molecule has 10 heteroatoms. The Hall–Kier alpha value is -2.85. The number of rotatable bonds is 9. The van der Waals surface area contributed by atoms with Gasteiger partial charge in [0.1, 0.15) is 29.4 Å². The van der Waals surface area contributed by atoms with Crippen LogP contribution in [-0.2, 0) is 26.3 Å². The lowest BCUT2D eigenvalue weighted by Gasteiger charge is -2.14. The first-order valence-electron chi connectivity index (χ1n) is 8.56. The number of methoxy groups -OCH3 is 2. The summed E-state index contributed by atoms with van der Waals surface area (Å²) < 4.78 is 62.6. The van der Waals surface area contributed by atoms with Crippen molar-refractivity contribution in [2.24, 2.45) is 0 Å². The van der Waals surface area contributed by atoms with Gasteiger partial charge in [0.2, 0.25) is 0 Å². The molecule has 0 N–H and O–H groups in total. The molecular formula is C20H22O8S2. The Labute approximate surface area is 175 Å². The van der Waals surface area contributed by atoms with E-state index in [-0.39, 0.29) is 23.7 Å². The van der Waals surface area contributed by atoms with Crippen molar-refractivity contribution >= 4 is 25.5 Å². The maximum absolute atomic E-state index is 12.9. The average Bonchev–Trinajstić information content (AvgIpc) is 2.68. The second-order valence-corrected chi connectivity index (χ2v) is 10.6. The number of allylic oxidation sites excluding steroid dienone is 1. The van der Waals surface area contributed by atoms with E-state index in [0.717, 1.165) is 18.1 Å². The maximum Gasteiger partial charge on any atom is 0.195 e. The minimum Gasteiger partial charge on any atom is -0.497 e. The number of carbonyl (C=O) groups is 1. The second-order valence-electron chi connectivity index (χ2n) is 6.34. The largest absolute Gasteiger partial charge is 0.497 e. The number of ether oxygens (including phenoxy) is 3. The number of carbonyl (C=O) groups excluding carboxylic acids is 1. The molecule has 0 unspecified atom stereocenters. The molecule has 0 saturated heterocycles. The van der Waals surface area contributed by atoms with Gasteiger partial charge < -0.3 is 14.2 Å². The molecule has 0 aliphatic heterocycles. The van der Waals surface area contributed by atoms with Gasteiger partial charge in [-0.25, -0.2) is 16.8 Å². The number of hydrogen-bond acceptors (Lipinski definition) is 8. The van der Waals surface area contributed by atoms with Crippen molar-refractivity contribution in [1.82, 2.24) is 0 Å². The van der Waals surface area contributed by atoms with Crippen LogP contribution in [0.4, 0.5) is 0 Å². The van der Waals surface area contributed by atoms with Crippen LogP contribution in [0.2, 0.25) is 0 Å². The highest BCUT2D eigenvalue weighted by atomic mass is 32.3. The van der Waals surface area contributed by atoms with E-state index in [1.54, 1.807) is 37.4 Å². The van der Waals surface area contributed by atoms with Gasteiger partial charge in [-0.15, -0.1) is 0 Å². The lowest BCUT2D eigenvalue weighted by molar-refractivity contribution is 0.103. The lowest BCUT2D eigenvalue weighted by Crippen LogP contribution is -2.14. The molecule has 0 aliphatic carbocycles. The molecule has 0 fully saturated rings. The topological polar surface area (TPSA) is 113 Å². The minimum absolute atomic E-state index is 0.0849. The third-order valence-corrected chi connectivity index (χ3v) is 7.50. The van der Waals surface area contributed by atoms with Gasteiger partial charge in [-0.2, -0.15) is 0 Å². The zero-order valence-electron chi connectivity index (χ0n) is 16.9. The Morgan fingerprint density at radius 2 is 1.43 bits per heavy atom. The molecule has 0 amide bonds. The van der Waals surface area contributed by atoms with Crippen LogP contribution in [0.15, 0.2) is 52.8 Å². The summed E-state index contributed by atoms with van der Waals surface area (Å²) in [5, 5.41) is 0. The standard InChI is InChI=1S/C20H22O8S2/c1-26-15-10-8-14(9-11-15)13-28-18-7-5-6-17(27-2)20(18)16(21)12-19(29(3,22)23)30(4,24)25/h5-12H,13H2,1-4H3. The SMILES string of the molecule is COc1ccc(COc2cccc(OC)c2C(=O)C=C(S(C)(=O)=O)S(C)(=O)=O)cc1. The number of benzene rings is 2. The smallest absolute Gasteiger partial charge is 0.195 e. The zero-order chi connectivity index (χ0) is 22.5. The number of hydrogen-bond donors (Lipinski definition) is 0. The minimum atomic E-state index is -4.16. The van der Waals surface area contributed by atoms with Gasteiger partial charge in [-0.05, 0) is 29.8 Å². The summed E-state index contributed by atoms with van der Waals surface area (Å²) in [6, 6.07) is 11.7. The van der Waals surface area contributed by atoms with E-state index >= 15 is 0 Å². The van der Waals surface area contributed by atoms with Crippen LogP contribution < -0.4 is 14.2 Å². The molecule has 0 radical (unpaired) electrons. The maximum atomic E-state index is 12.9. The Kier molecular flexibility index (Phi) is 7.27. The number of ketones is 1. The molecule has 0 aromatic heterocycles. The predicted molar refractivity (Wildman–Crippen MR) is 112 cm³/mol. The second kappa shape index (κ2) is 9.31. The van der Waals surface area contributed by atoms with Crippen molar-refractivity contribution in [3.8, 4) is 17.2 Å². The molecule has 162 valence electrons. The van der Waals surface area contributed by atoms with Gasteiger partial charge in [0.25, 0.3) is 0 Å². The van der Waals surface area contributed by atoms with Crippen LogP contribution in [0.25, 0.3) is 0 Å². The van der Waals surface area contributed by atoms with Crippen molar-refractivity contribution < 1.29 is 35.8 Å². The van der Waals surface area contributed by atoms with Crippen molar-refractivity contribution in [2.45, 2.75) is 6.61 Å². The molecular weight excluding hydrogens is 432 g/mol. The van der Waals surface area contributed by atoms with Crippen molar-refractivity contribution in [1.29, 1.82) is 0 Å². The van der Waals surface area contributed by atoms with Gasteiger partial charge >= 0.3 is 0 Å². The monoisotopic (exact) mass is 454 g/mol. The van der Waals surface area contributed by atoms with Gasteiger partial charge in [0, 0.05) is 18.6 Å². The van der Waals surface area contributed by atoms with Crippen LogP contribution in [0.5, 0.6) is 17.2 Å². The summed E-state index contributed by atoms with van der Waals surface area (Å²) in [6.07, 6.45) is 2.01. The van der Waals surface area contributed by atoms with E-state index in [1.807, 2.05) is 0 Å². The van der Waals surface area contributed by atoms with Crippen LogP contribution in [0.3, 0.4) is 0 Å². The fourth-order valence-corrected chi connectivity index (χ4v) is 5.44. The highest BCUT2D eigenvalue weighted by Gasteiger charge is 2.26. The summed E-state index contributed by atoms with van der Waals surface area (Å²) in [5.41, 5.74) is 0.707. The van der Waals surface area contributed by atoms with E-state index < -0.39 is 29.7 Å². The molecule has 2 rings (SSSR count). The van der Waals surface area contributed by atoms with Crippen LogP contribution in [-0.4, -0.2) is 49.3 Å². The summed E-state index contributed by atoms with van der Waals surface area (Å²) in [7, 11) is -5.44. The molecule has 2 aromatic carbocycles. The average molecular weight is 455 g/mol. The fraction of sp³-hybridized carbons (Fsp3) is 0.250. The van der Waals surface area contributed by atoms with E-state index in [9.17, 15) is 21.6 Å². The van der Waals surface area contributed by atoms with E-state index in [2.05, 4.69) is 0 Å². The summed E-state index contributed by atoms with van der Waals surface area (Å²) in [5.74, 6) is 0.0378. The van der Waals surface area contributed by atoms with Crippen molar-refractivity contribution in [2.75, 3.05) is 26.7 Å². The van der Waals surface area contributed by atoms with Crippen LogP contribution >= 0.6 is 0 Å². The summed E-state index contributed by atoms with van der Waals surface area (Å²) >= 11 is 0. The predicted octanol–water partition coefficient (Wildman–Crippen LogP) is 2.40. The molecule has 0 heterocycles. The molecule has 0 atom stereocenters. The van der Waals surface area contributed by atoms with Gasteiger partial charge in [0.05, 0.1) is 14.2 Å². The summed E-state index contributed by atoms with van der Waals surface area (Å²) in [6.45, 7) is 0.103. The van der Waals surface area contributed by atoms with Crippen LogP contribution in [0.1, 0.15) is 15.9 Å². The molecule has 2 aromatic rings. The zero-order valence-corrected chi connectivity index (χ0v) is 18.5. The molecule has 0 aliphatic rings. The first-order chi connectivity index (χ1) is 14.0. The Morgan fingerprint density at radius 3 is 1.93 bits per heavy atom. The molecule has 30 heavy (non-hydrogen) atoms. The Morgan fingerprint density at radius 1 is 0.867 bits per heavy atom. The van der Waals surface area contributed by atoms with Gasteiger partial charge in [-0.3, -0.25) is 4.79 Å². The molecule has 0 bridgehead atoms. The van der Waals surface area contributed by atoms with Gasteiger partial charge in [0.15, 0.2) is 29.7 Å². The lowest BCUT2D eigenvalue weighted by atomic mass is 10.1. The first kappa shape index (κ1) is 23.4. The third-order valence-electron chi connectivity index (χ3n) is 3.99. The highest BCUT2D eigenvalue weighted by molar-refractivity contribution is 8.13. The summed E-state index contributed by atoms with van der Waals surface area (Å²) in [4.78, 5) is 12.9. The molecule has 0 spiro atoms. The number of sulfone groups is 2. The third kappa shape index (κ3) is 5.83. The van der Waals surface area contributed by atoms with E-state index in [4.69, 9.17) is 14.2 Å². The first-order valence-corrected chi connectivity index (χ1v) is 12.3. The molecule has 8 nitrogen and oxygen atoms in total. The van der Waals surface area contributed by atoms with Crippen molar-refractivity contribution in [3.05, 3.63) is 63.9 Å². The quantitative estimate of drug-likeness (QED) is 0.419. The van der Waals surface area contributed by atoms with E-state index in [1.165, 1.54) is 19.2 Å². The Balaban J connectivity index is 2.45. The highest BCUT2D eigenvalue weighted by Crippen LogP contribution is 2.31. The van der Waals surface area contributed by atoms with Crippen molar-refractivity contribution in [3.63, 3.8) is 0 Å². The normalized spacial score (nSPS) is 11.5. The van der Waals surface area contributed by atoms with Crippen LogP contribution in [0, 0.1) is 0 Å². The Bertz CT molecular complexity index is 1130. The van der Waals surface area contributed by atoms with Gasteiger partial charge in [-0.1, -0.05) is 18.2 Å². The fourth-order valence-electron chi connectivity index (χ4n) is 2.60. The van der Waals surface area contributed by atoms with E-state index in [0.29, 0.717) is 11.8 Å².